The van der Waals surface area contributed by atoms with E-state index < -0.39 is 21.7 Å². The number of aromatic amines is 1. The second kappa shape index (κ2) is 5.34. The molecule has 0 unspecified atom stereocenters. The van der Waals surface area contributed by atoms with Crippen molar-refractivity contribution in [2.75, 3.05) is 19.8 Å². The number of nitrogens with one attached hydrogen (secondary N) is 1. The minimum absolute atomic E-state index is 0.0289. The molecule has 1 aromatic carbocycles. The van der Waals surface area contributed by atoms with E-state index in [1.54, 1.807) is 6.07 Å². The van der Waals surface area contributed by atoms with Crippen LogP contribution in [0.3, 0.4) is 0 Å². The maximum Gasteiger partial charge on any atom is 0.337 e. The summed E-state index contributed by atoms with van der Waals surface area (Å²) in [4.78, 5) is 25.5. The SMILES string of the molecule is CN(C)S(=O)(=O)CCn1c(=O)[nH]c2c(C(=O)O)cccc21. The van der Waals surface area contributed by atoms with Crippen LogP contribution in [-0.4, -0.2) is 53.2 Å². The van der Waals surface area contributed by atoms with E-state index in [9.17, 15) is 18.0 Å². The monoisotopic (exact) mass is 313 g/mol. The Balaban J connectivity index is 2.47. The van der Waals surface area contributed by atoms with Crippen LogP contribution in [0.15, 0.2) is 23.0 Å². The highest BCUT2D eigenvalue weighted by molar-refractivity contribution is 7.89. The van der Waals surface area contributed by atoms with Gasteiger partial charge in [-0.25, -0.2) is 22.3 Å². The molecule has 0 radical (unpaired) electrons. The quantitative estimate of drug-likeness (QED) is 0.801. The lowest BCUT2D eigenvalue weighted by Gasteiger charge is -2.11. The van der Waals surface area contributed by atoms with Crippen LogP contribution < -0.4 is 5.69 Å². The molecule has 1 heterocycles. The van der Waals surface area contributed by atoms with Gasteiger partial charge in [0.1, 0.15) is 0 Å². The molecule has 0 saturated heterocycles. The van der Waals surface area contributed by atoms with Gasteiger partial charge in [0.05, 0.1) is 22.3 Å². The average Bonchev–Trinajstić information content (AvgIpc) is 2.71. The summed E-state index contributed by atoms with van der Waals surface area (Å²) in [6.07, 6.45) is 0. The summed E-state index contributed by atoms with van der Waals surface area (Å²) in [5.41, 5.74) is -0.00224. The van der Waals surface area contributed by atoms with E-state index in [1.165, 1.54) is 30.8 Å². The molecule has 2 N–H and O–H groups in total. The van der Waals surface area contributed by atoms with Gasteiger partial charge in [0.25, 0.3) is 0 Å². The topological polar surface area (TPSA) is 112 Å². The molecule has 9 heteroatoms. The molecule has 21 heavy (non-hydrogen) atoms. The Labute approximate surface area is 120 Å². The minimum atomic E-state index is -3.44. The van der Waals surface area contributed by atoms with Gasteiger partial charge < -0.3 is 10.1 Å². The Hall–Kier alpha value is -2.13. The number of para-hydroxylation sites is 1. The first kappa shape index (κ1) is 15.3. The largest absolute Gasteiger partial charge is 0.478 e. The highest BCUT2D eigenvalue weighted by Gasteiger charge is 2.18. The number of aromatic nitrogens is 2. The molecular weight excluding hydrogens is 298 g/mol. The number of hydrogen-bond donors (Lipinski definition) is 2. The van der Waals surface area contributed by atoms with Crippen molar-refractivity contribution in [3.05, 3.63) is 34.2 Å². The van der Waals surface area contributed by atoms with Crippen LogP contribution in [0.25, 0.3) is 11.0 Å². The third-order valence-corrected chi connectivity index (χ3v) is 4.98. The number of nitrogens with zero attached hydrogens (tertiary/aromatic N) is 2. The van der Waals surface area contributed by atoms with Crippen molar-refractivity contribution in [2.45, 2.75) is 6.54 Å². The molecule has 2 aromatic rings. The second-order valence-electron chi connectivity index (χ2n) is 4.69. The number of aromatic carboxylic acids is 1. The molecule has 0 aliphatic heterocycles. The number of carboxylic acids is 1. The fourth-order valence-corrected chi connectivity index (χ4v) is 2.75. The van der Waals surface area contributed by atoms with E-state index in [1.807, 2.05) is 0 Å². The standard InChI is InChI=1S/C12H15N3O5S/c1-14(2)21(19,20)7-6-15-9-5-3-4-8(11(16)17)10(9)13-12(15)18/h3-5H,6-7H2,1-2H3,(H,13,18)(H,16,17). The van der Waals surface area contributed by atoms with E-state index in [-0.39, 0.29) is 23.4 Å². The number of hydrogen-bond acceptors (Lipinski definition) is 4. The molecular formula is C12H15N3O5S. The highest BCUT2D eigenvalue weighted by Crippen LogP contribution is 2.15. The minimum Gasteiger partial charge on any atom is -0.478 e. The normalized spacial score (nSPS) is 12.1. The molecule has 0 atom stereocenters. The van der Waals surface area contributed by atoms with Crippen LogP contribution in [0, 0.1) is 0 Å². The van der Waals surface area contributed by atoms with Crippen LogP contribution >= 0.6 is 0 Å². The molecule has 0 bridgehead atoms. The van der Waals surface area contributed by atoms with Gasteiger partial charge in [0.15, 0.2) is 0 Å². The van der Waals surface area contributed by atoms with Gasteiger partial charge in [-0.2, -0.15) is 0 Å². The average molecular weight is 313 g/mol. The van der Waals surface area contributed by atoms with Crippen LogP contribution in [0.2, 0.25) is 0 Å². The van der Waals surface area contributed by atoms with Gasteiger partial charge in [0, 0.05) is 20.6 Å². The first-order valence-electron chi connectivity index (χ1n) is 6.09. The third kappa shape index (κ3) is 2.83. The molecule has 0 fully saturated rings. The predicted octanol–water partition coefficient (Wildman–Crippen LogP) is -0.0808. The Bertz CT molecular complexity index is 847. The molecule has 114 valence electrons. The number of H-pyrrole nitrogens is 1. The number of rotatable bonds is 5. The van der Waals surface area contributed by atoms with Crippen LogP contribution in [0.5, 0.6) is 0 Å². The fourth-order valence-electron chi connectivity index (χ4n) is 1.97. The van der Waals surface area contributed by atoms with Crippen molar-refractivity contribution < 1.29 is 18.3 Å². The van der Waals surface area contributed by atoms with Gasteiger partial charge in [-0.1, -0.05) is 6.07 Å². The number of benzene rings is 1. The Kier molecular flexibility index (Phi) is 3.88. The van der Waals surface area contributed by atoms with Gasteiger partial charge in [-0.3, -0.25) is 4.57 Å². The summed E-state index contributed by atoms with van der Waals surface area (Å²) in [6, 6.07) is 4.46. The fraction of sp³-hybridized carbons (Fsp3) is 0.333. The molecule has 0 aliphatic rings. The number of imidazole rings is 1. The predicted molar refractivity (Wildman–Crippen MR) is 77.0 cm³/mol. The summed E-state index contributed by atoms with van der Waals surface area (Å²) in [7, 11) is -0.618. The van der Waals surface area contributed by atoms with Crippen molar-refractivity contribution >= 4 is 27.0 Å². The lowest BCUT2D eigenvalue weighted by molar-refractivity contribution is 0.0699. The molecule has 8 nitrogen and oxygen atoms in total. The van der Waals surface area contributed by atoms with Crippen LogP contribution in [0.4, 0.5) is 0 Å². The summed E-state index contributed by atoms with van der Waals surface area (Å²) >= 11 is 0. The highest BCUT2D eigenvalue weighted by atomic mass is 32.2. The maximum absolute atomic E-state index is 11.9. The summed E-state index contributed by atoms with van der Waals surface area (Å²) < 4.78 is 25.8. The number of sulfonamides is 1. The lowest BCUT2D eigenvalue weighted by Crippen LogP contribution is -2.29. The van der Waals surface area contributed by atoms with E-state index in [4.69, 9.17) is 5.11 Å². The number of carboxylic acid groups (broad SMARTS) is 1. The molecule has 0 aliphatic carbocycles. The third-order valence-electron chi connectivity index (χ3n) is 3.17. The van der Waals surface area contributed by atoms with E-state index in [0.29, 0.717) is 5.52 Å². The summed E-state index contributed by atoms with van der Waals surface area (Å²) in [5.74, 6) is -1.40. The van der Waals surface area contributed by atoms with E-state index >= 15 is 0 Å². The smallest absolute Gasteiger partial charge is 0.337 e. The molecule has 1 aromatic heterocycles. The van der Waals surface area contributed by atoms with E-state index in [2.05, 4.69) is 4.98 Å². The zero-order chi connectivity index (χ0) is 15.8. The zero-order valence-electron chi connectivity index (χ0n) is 11.5. The van der Waals surface area contributed by atoms with Crippen molar-refractivity contribution in [2.24, 2.45) is 0 Å². The Morgan fingerprint density at radius 3 is 2.62 bits per heavy atom. The Morgan fingerprint density at radius 1 is 1.38 bits per heavy atom. The van der Waals surface area contributed by atoms with Crippen LogP contribution in [-0.2, 0) is 16.6 Å². The van der Waals surface area contributed by atoms with Crippen molar-refractivity contribution in [3.63, 3.8) is 0 Å². The Morgan fingerprint density at radius 2 is 2.05 bits per heavy atom. The van der Waals surface area contributed by atoms with Gasteiger partial charge in [-0.15, -0.1) is 0 Å². The number of fused-ring (bicyclic) bond motifs is 1. The van der Waals surface area contributed by atoms with Gasteiger partial charge >= 0.3 is 11.7 Å². The molecule has 0 amide bonds. The van der Waals surface area contributed by atoms with Crippen molar-refractivity contribution in [3.8, 4) is 0 Å². The van der Waals surface area contributed by atoms with Gasteiger partial charge in [0.2, 0.25) is 10.0 Å². The zero-order valence-corrected chi connectivity index (χ0v) is 12.3. The number of aryl methyl sites for hydroxylation is 1. The molecule has 2 rings (SSSR count). The maximum atomic E-state index is 11.9. The summed E-state index contributed by atoms with van der Waals surface area (Å²) in [5, 5.41) is 9.08. The van der Waals surface area contributed by atoms with Gasteiger partial charge in [-0.05, 0) is 12.1 Å². The second-order valence-corrected chi connectivity index (χ2v) is 6.99. The van der Waals surface area contributed by atoms with Crippen molar-refractivity contribution in [1.29, 1.82) is 0 Å². The lowest BCUT2D eigenvalue weighted by atomic mass is 10.2. The molecule has 0 spiro atoms. The first-order valence-corrected chi connectivity index (χ1v) is 7.70. The van der Waals surface area contributed by atoms with Crippen LogP contribution in [0.1, 0.15) is 10.4 Å². The van der Waals surface area contributed by atoms with Crippen molar-refractivity contribution in [1.82, 2.24) is 13.9 Å². The first-order chi connectivity index (χ1) is 9.74. The number of carbonyl (C=O) groups is 1. The molecule has 0 saturated carbocycles. The van der Waals surface area contributed by atoms with E-state index in [0.717, 1.165) is 4.31 Å². The summed E-state index contributed by atoms with van der Waals surface area (Å²) in [6.45, 7) is -0.0532.